The lowest BCUT2D eigenvalue weighted by atomic mass is 10.1. The Kier molecular flexibility index (Phi) is 14.7. The molecule has 1 amide bonds. The predicted molar refractivity (Wildman–Crippen MR) is 118 cm³/mol. The first-order valence-corrected chi connectivity index (χ1v) is 10.6. The van der Waals surface area contributed by atoms with Crippen LogP contribution in [0.4, 0.5) is 0 Å². The maximum absolute atomic E-state index is 11.5. The van der Waals surface area contributed by atoms with Crippen molar-refractivity contribution in [1.82, 2.24) is 5.32 Å². The van der Waals surface area contributed by atoms with Gasteiger partial charge in [0.05, 0.1) is 0 Å². The van der Waals surface area contributed by atoms with Gasteiger partial charge < -0.3 is 10.4 Å². The number of thioether (sulfide) groups is 1. The number of carbonyl (C=O) groups is 3. The Labute approximate surface area is 173 Å². The lowest BCUT2D eigenvalue weighted by molar-refractivity contribution is -0.140. The van der Waals surface area contributed by atoms with E-state index >= 15 is 0 Å². The Morgan fingerprint density at radius 2 is 1.61 bits per heavy atom. The summed E-state index contributed by atoms with van der Waals surface area (Å²) < 4.78 is 0. The third kappa shape index (κ3) is 15.0. The number of carbonyl (C=O) groups excluding carboxylic acids is 2. The average molecular weight is 408 g/mol. The number of carboxylic acids is 1. The summed E-state index contributed by atoms with van der Waals surface area (Å²) in [6, 6.07) is -0.978. The molecule has 0 saturated heterocycles. The second-order valence-corrected chi connectivity index (χ2v) is 7.97. The normalized spacial score (nSPS) is 13.3. The van der Waals surface area contributed by atoms with E-state index in [0.717, 1.165) is 37.8 Å². The fourth-order valence-electron chi connectivity index (χ4n) is 2.25. The number of hydrogen-bond donors (Lipinski definition) is 2. The summed E-state index contributed by atoms with van der Waals surface area (Å²) in [5.41, 5.74) is 4.03. The van der Waals surface area contributed by atoms with Crippen LogP contribution < -0.4 is 5.32 Å². The van der Waals surface area contributed by atoms with Gasteiger partial charge in [-0.05, 0) is 59.5 Å². The summed E-state index contributed by atoms with van der Waals surface area (Å²) in [5, 5.41) is 11.5. The summed E-state index contributed by atoms with van der Waals surface area (Å²) in [6.07, 6.45) is 13.3. The minimum absolute atomic E-state index is 0.267. The third-order valence-electron chi connectivity index (χ3n) is 3.90. The van der Waals surface area contributed by atoms with Crippen molar-refractivity contribution in [3.8, 4) is 0 Å². The molecule has 0 aromatic rings. The predicted octanol–water partition coefficient (Wildman–Crippen LogP) is 4.46. The van der Waals surface area contributed by atoms with Gasteiger partial charge in [-0.25, -0.2) is 4.79 Å². The van der Waals surface area contributed by atoms with Crippen LogP contribution in [-0.2, 0) is 14.4 Å². The Morgan fingerprint density at radius 3 is 2.18 bits per heavy atom. The first-order chi connectivity index (χ1) is 13.3. The topological polar surface area (TPSA) is 83.5 Å². The molecule has 0 saturated carbocycles. The maximum Gasteiger partial charge on any atom is 0.327 e. The van der Waals surface area contributed by atoms with Crippen LogP contribution >= 0.6 is 11.8 Å². The molecule has 0 aliphatic rings. The lowest BCUT2D eigenvalue weighted by Crippen LogP contribution is -2.41. The van der Waals surface area contributed by atoms with Crippen molar-refractivity contribution in [2.24, 2.45) is 0 Å². The molecule has 0 aromatic carbocycles. The smallest absolute Gasteiger partial charge is 0.327 e. The SMILES string of the molecule is CC(C)=CCC/C(C)=C/CC/C(C)=C/CSCC(NC(=O)/C=C/C=O)C(=O)O. The molecule has 0 heterocycles. The largest absolute Gasteiger partial charge is 0.480 e. The standard InChI is InChI=1S/C22H33NO4S/c1-17(2)8-5-9-18(3)10-6-11-19(4)13-15-28-16-20(22(26)27)23-21(25)12-7-14-24/h7-8,10,12-14,20H,5-6,9,11,15-16H2,1-4H3,(H,23,25)(H,26,27)/b12-7+,18-10+,19-13+. The fourth-order valence-corrected chi connectivity index (χ4v) is 3.25. The second kappa shape index (κ2) is 15.9. The number of aldehydes is 1. The number of carboxylic acid groups (broad SMARTS) is 1. The van der Waals surface area contributed by atoms with Crippen molar-refractivity contribution in [3.05, 3.63) is 47.1 Å². The molecular weight excluding hydrogens is 374 g/mol. The Balaban J connectivity index is 4.22. The van der Waals surface area contributed by atoms with Gasteiger partial charge in [-0.1, -0.05) is 34.9 Å². The van der Waals surface area contributed by atoms with Crippen LogP contribution in [0.1, 0.15) is 53.4 Å². The van der Waals surface area contributed by atoms with E-state index in [0.29, 0.717) is 12.0 Å². The molecule has 0 bridgehead atoms. The van der Waals surface area contributed by atoms with Gasteiger partial charge in [0.2, 0.25) is 5.91 Å². The molecule has 2 N–H and O–H groups in total. The van der Waals surface area contributed by atoms with Crippen LogP contribution in [0, 0.1) is 0 Å². The molecule has 1 atom stereocenters. The molecule has 0 fully saturated rings. The monoisotopic (exact) mass is 407 g/mol. The Hall–Kier alpha value is -2.08. The van der Waals surface area contributed by atoms with Gasteiger partial charge in [0.1, 0.15) is 12.3 Å². The van der Waals surface area contributed by atoms with Crippen molar-refractivity contribution in [3.63, 3.8) is 0 Å². The van der Waals surface area contributed by atoms with Crippen LogP contribution in [0.15, 0.2) is 47.1 Å². The molecule has 0 rings (SSSR count). The van der Waals surface area contributed by atoms with Gasteiger partial charge >= 0.3 is 5.97 Å². The van der Waals surface area contributed by atoms with Crippen molar-refractivity contribution < 1.29 is 19.5 Å². The highest BCUT2D eigenvalue weighted by molar-refractivity contribution is 7.99. The molecule has 0 spiro atoms. The molecule has 5 nitrogen and oxygen atoms in total. The number of amides is 1. The summed E-state index contributed by atoms with van der Waals surface area (Å²) in [6.45, 7) is 8.47. The molecule has 156 valence electrons. The number of hydrogen-bond acceptors (Lipinski definition) is 4. The van der Waals surface area contributed by atoms with E-state index in [1.807, 2.05) is 0 Å². The van der Waals surface area contributed by atoms with Gasteiger partial charge in [0.15, 0.2) is 0 Å². The van der Waals surface area contributed by atoms with Crippen molar-refractivity contribution in [2.75, 3.05) is 11.5 Å². The van der Waals surface area contributed by atoms with Crippen LogP contribution in [0.3, 0.4) is 0 Å². The molecule has 0 radical (unpaired) electrons. The van der Waals surface area contributed by atoms with E-state index in [1.54, 1.807) is 0 Å². The van der Waals surface area contributed by atoms with Gasteiger partial charge in [0, 0.05) is 17.6 Å². The summed E-state index contributed by atoms with van der Waals surface area (Å²) in [4.78, 5) is 32.9. The first kappa shape index (κ1) is 25.9. The number of rotatable bonds is 14. The van der Waals surface area contributed by atoms with E-state index in [-0.39, 0.29) is 5.75 Å². The molecular formula is C22H33NO4S. The quantitative estimate of drug-likeness (QED) is 0.192. The first-order valence-electron chi connectivity index (χ1n) is 9.43. The number of nitrogens with one attached hydrogen (secondary N) is 1. The summed E-state index contributed by atoms with van der Waals surface area (Å²) >= 11 is 1.45. The molecule has 28 heavy (non-hydrogen) atoms. The Bertz CT molecular complexity index is 628. The van der Waals surface area contributed by atoms with Gasteiger partial charge in [-0.3, -0.25) is 9.59 Å². The molecule has 0 aliphatic carbocycles. The average Bonchev–Trinajstić information content (AvgIpc) is 2.61. The van der Waals surface area contributed by atoms with E-state index < -0.39 is 17.9 Å². The zero-order valence-corrected chi connectivity index (χ0v) is 18.2. The fraction of sp³-hybridized carbons (Fsp3) is 0.500. The highest BCUT2D eigenvalue weighted by Gasteiger charge is 2.18. The van der Waals surface area contributed by atoms with Crippen LogP contribution in [0.25, 0.3) is 0 Å². The van der Waals surface area contributed by atoms with E-state index in [4.69, 9.17) is 5.11 Å². The number of allylic oxidation sites excluding steroid dienone is 6. The molecule has 6 heteroatoms. The van der Waals surface area contributed by atoms with Crippen LogP contribution in [0.2, 0.25) is 0 Å². The molecule has 0 aromatic heterocycles. The third-order valence-corrected chi connectivity index (χ3v) is 4.87. The van der Waals surface area contributed by atoms with Gasteiger partial charge in [0.25, 0.3) is 0 Å². The van der Waals surface area contributed by atoms with Crippen LogP contribution in [-0.4, -0.2) is 40.8 Å². The zero-order valence-electron chi connectivity index (χ0n) is 17.4. The highest BCUT2D eigenvalue weighted by Crippen LogP contribution is 2.13. The maximum atomic E-state index is 11.5. The van der Waals surface area contributed by atoms with E-state index in [1.165, 1.54) is 28.5 Å². The zero-order chi connectivity index (χ0) is 21.4. The minimum Gasteiger partial charge on any atom is -0.480 e. The minimum atomic E-state index is -1.09. The summed E-state index contributed by atoms with van der Waals surface area (Å²) in [7, 11) is 0. The van der Waals surface area contributed by atoms with E-state index in [9.17, 15) is 14.4 Å². The van der Waals surface area contributed by atoms with Gasteiger partial charge in [-0.2, -0.15) is 11.8 Å². The molecule has 0 aliphatic heterocycles. The van der Waals surface area contributed by atoms with E-state index in [2.05, 4.69) is 51.2 Å². The Morgan fingerprint density at radius 1 is 1.00 bits per heavy atom. The highest BCUT2D eigenvalue weighted by atomic mass is 32.2. The summed E-state index contributed by atoms with van der Waals surface area (Å²) in [5.74, 6) is -0.712. The van der Waals surface area contributed by atoms with Crippen LogP contribution in [0.5, 0.6) is 0 Å². The van der Waals surface area contributed by atoms with Crippen molar-refractivity contribution in [1.29, 1.82) is 0 Å². The van der Waals surface area contributed by atoms with Crippen molar-refractivity contribution in [2.45, 2.75) is 59.4 Å². The molecule has 1 unspecified atom stereocenters. The second-order valence-electron chi connectivity index (χ2n) is 6.89. The van der Waals surface area contributed by atoms with Gasteiger partial charge in [-0.15, -0.1) is 0 Å². The lowest BCUT2D eigenvalue weighted by Gasteiger charge is -2.12. The van der Waals surface area contributed by atoms with Crippen molar-refractivity contribution >= 4 is 29.9 Å². The number of aliphatic carboxylic acids is 1.